The predicted molar refractivity (Wildman–Crippen MR) is 19.2 cm³/mol. The Labute approximate surface area is 29.8 Å². The molecule has 0 saturated carbocycles. The SMILES string of the molecule is C[P+](N)(F)F. The predicted octanol–water partition coefficient (Wildman–Crippen LogP) is 1.28. The maximum Gasteiger partial charge on any atom is 0.454 e. The summed E-state index contributed by atoms with van der Waals surface area (Å²) in [5, 5.41) is 0. The molecule has 0 heterocycles. The molecule has 0 aliphatic carbocycles. The molecule has 0 saturated heterocycles. The second-order valence-corrected chi connectivity index (χ2v) is 2.57. The van der Waals surface area contributed by atoms with Crippen LogP contribution >= 0.6 is 8.03 Å². The van der Waals surface area contributed by atoms with E-state index in [1.165, 1.54) is 0 Å². The lowest BCUT2D eigenvalue weighted by Crippen LogP contribution is -1.84. The molecule has 0 unspecified atom stereocenters. The van der Waals surface area contributed by atoms with E-state index in [0.717, 1.165) is 6.66 Å². The fourth-order valence-electron chi connectivity index (χ4n) is 0. The number of nitrogens with two attached hydrogens (primary N) is 1. The molecule has 0 bridgehead atoms. The average molecular weight is 100 g/mol. The van der Waals surface area contributed by atoms with Gasteiger partial charge in [-0.2, -0.15) is 0 Å². The van der Waals surface area contributed by atoms with Gasteiger partial charge in [-0.1, -0.05) is 0 Å². The van der Waals surface area contributed by atoms with Crippen LogP contribution in [0.15, 0.2) is 0 Å². The summed E-state index contributed by atoms with van der Waals surface area (Å²) in [6.07, 6.45) is 0. The zero-order valence-corrected chi connectivity index (χ0v) is 3.67. The van der Waals surface area contributed by atoms with Crippen molar-refractivity contribution in [2.75, 3.05) is 6.66 Å². The van der Waals surface area contributed by atoms with Crippen molar-refractivity contribution in [2.45, 2.75) is 0 Å². The van der Waals surface area contributed by atoms with Crippen molar-refractivity contribution in [3.05, 3.63) is 0 Å². The average Bonchev–Trinajstić information content (AvgIpc) is 0.722. The van der Waals surface area contributed by atoms with Gasteiger partial charge in [0.05, 0.1) is 0 Å². The molecule has 0 spiro atoms. The Morgan fingerprint density at radius 1 is 1.60 bits per heavy atom. The van der Waals surface area contributed by atoms with E-state index in [1.54, 1.807) is 0 Å². The molecular formula is CH5F2NP+. The molecule has 0 aliphatic rings. The Bertz CT molecular complexity index is 25.1. The van der Waals surface area contributed by atoms with E-state index in [2.05, 4.69) is 5.50 Å². The van der Waals surface area contributed by atoms with Gasteiger partial charge in [0.1, 0.15) is 6.66 Å². The Hall–Kier alpha value is 0.250. The molecule has 0 aromatic heterocycles. The Balaban J connectivity index is 3.02. The lowest BCUT2D eigenvalue weighted by Gasteiger charge is -1.79. The normalized spacial score (nSPS) is 12.0. The van der Waals surface area contributed by atoms with E-state index >= 15 is 0 Å². The highest BCUT2D eigenvalue weighted by atomic mass is 31.2. The summed E-state index contributed by atoms with van der Waals surface area (Å²) in [6, 6.07) is 0. The number of hydrogen-bond acceptors (Lipinski definition) is 1. The van der Waals surface area contributed by atoms with Crippen LogP contribution in [0.3, 0.4) is 0 Å². The molecule has 2 N–H and O–H groups in total. The Kier molecular flexibility index (Phi) is 1.21. The first-order valence-corrected chi connectivity index (χ1v) is 3.13. The maximum absolute atomic E-state index is 10.9. The van der Waals surface area contributed by atoms with Crippen molar-refractivity contribution in [2.24, 2.45) is 5.50 Å². The van der Waals surface area contributed by atoms with Crippen LogP contribution in [0.2, 0.25) is 0 Å². The molecule has 32 valence electrons. The van der Waals surface area contributed by atoms with Crippen LogP contribution < -0.4 is 5.50 Å². The lowest BCUT2D eigenvalue weighted by atomic mass is 12.0. The molecule has 0 radical (unpaired) electrons. The molecule has 5 heavy (non-hydrogen) atoms. The first kappa shape index (κ1) is 5.25. The van der Waals surface area contributed by atoms with E-state index < -0.39 is 8.03 Å². The van der Waals surface area contributed by atoms with E-state index in [-0.39, 0.29) is 0 Å². The minimum Gasteiger partial charge on any atom is -0.145 e. The smallest absolute Gasteiger partial charge is 0.145 e. The van der Waals surface area contributed by atoms with Crippen LogP contribution in [0.5, 0.6) is 0 Å². The van der Waals surface area contributed by atoms with Gasteiger partial charge in [0.25, 0.3) is 0 Å². The summed E-state index contributed by atoms with van der Waals surface area (Å²) in [4.78, 5) is 0. The first-order valence-electron chi connectivity index (χ1n) is 1.04. The van der Waals surface area contributed by atoms with Crippen molar-refractivity contribution in [3.8, 4) is 0 Å². The largest absolute Gasteiger partial charge is 0.454 e. The fraction of sp³-hybridized carbons (Fsp3) is 1.00. The van der Waals surface area contributed by atoms with Gasteiger partial charge in [0.2, 0.25) is 0 Å². The Morgan fingerprint density at radius 2 is 1.60 bits per heavy atom. The summed E-state index contributed by atoms with van der Waals surface area (Å²) < 4.78 is 21.8. The van der Waals surface area contributed by atoms with Gasteiger partial charge in [0, 0.05) is 0 Å². The van der Waals surface area contributed by atoms with Gasteiger partial charge in [-0.3, -0.25) is 0 Å². The number of hydrogen-bond donors (Lipinski definition) is 1. The standard InChI is InChI=1S/CH5F2NP/c1-5(2,3)4/h4H2,1H3/q+1. The van der Waals surface area contributed by atoms with Gasteiger partial charge in [-0.25, -0.2) is 0 Å². The highest BCUT2D eigenvalue weighted by Crippen LogP contribution is 2.49. The third-order valence-electron chi connectivity index (χ3n) is 0. The van der Waals surface area contributed by atoms with Gasteiger partial charge < -0.3 is 0 Å². The van der Waals surface area contributed by atoms with Crippen molar-refractivity contribution >= 4 is 8.03 Å². The molecule has 1 nitrogen and oxygen atoms in total. The molecule has 0 fully saturated rings. The van der Waals surface area contributed by atoms with E-state index in [4.69, 9.17) is 0 Å². The Morgan fingerprint density at radius 3 is 1.60 bits per heavy atom. The maximum atomic E-state index is 10.9. The molecule has 0 aromatic carbocycles. The van der Waals surface area contributed by atoms with Crippen molar-refractivity contribution in [3.63, 3.8) is 0 Å². The zero-order valence-electron chi connectivity index (χ0n) is 2.78. The topological polar surface area (TPSA) is 26.0 Å². The third kappa shape index (κ3) is 344. The van der Waals surface area contributed by atoms with Gasteiger partial charge in [-0.15, -0.1) is 5.50 Å². The van der Waals surface area contributed by atoms with Crippen molar-refractivity contribution < 1.29 is 8.39 Å². The van der Waals surface area contributed by atoms with Crippen LogP contribution in [0.25, 0.3) is 0 Å². The molecule has 0 amide bonds. The van der Waals surface area contributed by atoms with E-state index in [1.807, 2.05) is 0 Å². The van der Waals surface area contributed by atoms with E-state index in [9.17, 15) is 8.39 Å². The molecule has 0 aliphatic heterocycles. The summed E-state index contributed by atoms with van der Waals surface area (Å²) in [5.41, 5.74) is 4.13. The second kappa shape index (κ2) is 1.15. The number of halogens is 2. The van der Waals surface area contributed by atoms with Crippen molar-refractivity contribution in [1.82, 2.24) is 0 Å². The quantitative estimate of drug-likeness (QED) is 0.456. The van der Waals surface area contributed by atoms with Crippen LogP contribution in [0, 0.1) is 0 Å². The summed E-state index contributed by atoms with van der Waals surface area (Å²) in [7, 11) is -3.89. The second-order valence-electron chi connectivity index (χ2n) is 0.855. The molecule has 4 heteroatoms. The third-order valence-corrected chi connectivity index (χ3v) is 0. The van der Waals surface area contributed by atoms with Gasteiger partial charge >= 0.3 is 8.03 Å². The fourth-order valence-corrected chi connectivity index (χ4v) is 0. The molecule has 0 rings (SSSR count). The molecular weight excluding hydrogens is 95.0 g/mol. The highest BCUT2D eigenvalue weighted by molar-refractivity contribution is 7.62. The lowest BCUT2D eigenvalue weighted by molar-refractivity contribution is 0.715. The van der Waals surface area contributed by atoms with Gasteiger partial charge in [-0.05, 0) is 8.39 Å². The van der Waals surface area contributed by atoms with Crippen LogP contribution in [-0.4, -0.2) is 6.66 Å². The summed E-state index contributed by atoms with van der Waals surface area (Å²) in [5.74, 6) is 0. The number of rotatable bonds is 0. The minimum absolute atomic E-state index is 0.743. The van der Waals surface area contributed by atoms with Crippen LogP contribution in [0.1, 0.15) is 0 Å². The van der Waals surface area contributed by atoms with Crippen molar-refractivity contribution in [1.29, 1.82) is 0 Å². The highest BCUT2D eigenvalue weighted by Gasteiger charge is 2.24. The van der Waals surface area contributed by atoms with Crippen LogP contribution in [-0.2, 0) is 0 Å². The summed E-state index contributed by atoms with van der Waals surface area (Å²) in [6.45, 7) is 0.743. The van der Waals surface area contributed by atoms with Crippen LogP contribution in [0.4, 0.5) is 8.39 Å². The van der Waals surface area contributed by atoms with E-state index in [0.29, 0.717) is 0 Å². The monoisotopic (exact) mass is 100 g/mol. The zero-order chi connectivity index (χ0) is 4.50. The van der Waals surface area contributed by atoms with Gasteiger partial charge in [0.15, 0.2) is 0 Å². The molecule has 0 aromatic rings. The molecule has 0 atom stereocenters. The summed E-state index contributed by atoms with van der Waals surface area (Å²) >= 11 is 0. The first-order chi connectivity index (χ1) is 2.00. The minimum atomic E-state index is -3.89.